The highest BCUT2D eigenvalue weighted by Gasteiger charge is 2.35. The summed E-state index contributed by atoms with van der Waals surface area (Å²) in [7, 11) is 0. The quantitative estimate of drug-likeness (QED) is 0.756. The maximum absolute atomic E-state index is 13.5. The highest BCUT2D eigenvalue weighted by molar-refractivity contribution is 5.74. The van der Waals surface area contributed by atoms with Gasteiger partial charge in [-0.1, -0.05) is 31.4 Å². The summed E-state index contributed by atoms with van der Waals surface area (Å²) in [4.78, 5) is 11.4. The minimum Gasteiger partial charge on any atom is -0.464 e. The lowest BCUT2D eigenvalue weighted by Gasteiger charge is -2.25. The van der Waals surface area contributed by atoms with E-state index in [-0.39, 0.29) is 25.4 Å². The van der Waals surface area contributed by atoms with E-state index in [9.17, 15) is 23.1 Å². The van der Waals surface area contributed by atoms with Crippen molar-refractivity contribution < 1.29 is 27.8 Å². The number of aliphatic hydroxyl groups is 1. The molecule has 1 aliphatic rings. The molecule has 3 nitrogen and oxygen atoms in total. The van der Waals surface area contributed by atoms with Gasteiger partial charge in [0.05, 0.1) is 12.2 Å². The van der Waals surface area contributed by atoms with Crippen LogP contribution < -0.4 is 0 Å². The third-order valence-corrected chi connectivity index (χ3v) is 4.73. The second-order valence-corrected chi connectivity index (χ2v) is 6.56. The first-order valence-electron chi connectivity index (χ1n) is 8.87. The Balaban J connectivity index is 2.14. The lowest BCUT2D eigenvalue weighted by molar-refractivity contribution is -0.153. The number of benzene rings is 1. The van der Waals surface area contributed by atoms with Gasteiger partial charge < -0.3 is 9.84 Å². The first kappa shape index (κ1) is 19.8. The van der Waals surface area contributed by atoms with Crippen molar-refractivity contribution in [1.82, 2.24) is 0 Å². The second-order valence-electron chi connectivity index (χ2n) is 6.56. The van der Waals surface area contributed by atoms with E-state index in [1.807, 2.05) is 0 Å². The number of aliphatic hydroxyl groups excluding tert-OH is 1. The number of esters is 1. The van der Waals surface area contributed by atoms with E-state index in [2.05, 4.69) is 0 Å². The molecule has 1 N–H and O–H groups in total. The van der Waals surface area contributed by atoms with E-state index in [0.29, 0.717) is 11.1 Å². The molecule has 1 aliphatic carbocycles. The predicted molar refractivity (Wildman–Crippen MR) is 88.2 cm³/mol. The lowest BCUT2D eigenvalue weighted by atomic mass is 9.81. The summed E-state index contributed by atoms with van der Waals surface area (Å²) >= 11 is 0. The van der Waals surface area contributed by atoms with Crippen molar-refractivity contribution in [2.45, 2.75) is 70.1 Å². The Labute approximate surface area is 146 Å². The van der Waals surface area contributed by atoms with Gasteiger partial charge in [0.15, 0.2) is 6.10 Å². The molecule has 0 saturated heterocycles. The van der Waals surface area contributed by atoms with E-state index in [1.54, 1.807) is 19.1 Å². The molecule has 25 heavy (non-hydrogen) atoms. The van der Waals surface area contributed by atoms with E-state index in [4.69, 9.17) is 4.74 Å². The van der Waals surface area contributed by atoms with Crippen LogP contribution in [0.15, 0.2) is 18.2 Å². The number of hydrogen-bond donors (Lipinski definition) is 1. The van der Waals surface area contributed by atoms with Crippen molar-refractivity contribution in [3.63, 3.8) is 0 Å². The first-order chi connectivity index (χ1) is 11.8. The molecule has 0 aliphatic heterocycles. The normalized spacial score (nSPS) is 17.3. The van der Waals surface area contributed by atoms with Crippen molar-refractivity contribution in [3.8, 4) is 0 Å². The van der Waals surface area contributed by atoms with Gasteiger partial charge in [-0.3, -0.25) is 0 Å². The molecular weight excluding hydrogens is 333 g/mol. The summed E-state index contributed by atoms with van der Waals surface area (Å²) in [5.74, 6) is -0.776. The zero-order valence-corrected chi connectivity index (χ0v) is 14.4. The van der Waals surface area contributed by atoms with Crippen LogP contribution in [0.2, 0.25) is 0 Å². The highest BCUT2D eigenvalue weighted by atomic mass is 19.4. The van der Waals surface area contributed by atoms with Crippen molar-refractivity contribution in [2.75, 3.05) is 6.61 Å². The van der Waals surface area contributed by atoms with Crippen LogP contribution in [0, 0.1) is 0 Å². The Bertz CT molecular complexity index is 578. The van der Waals surface area contributed by atoms with Crippen molar-refractivity contribution in [3.05, 3.63) is 34.9 Å². The largest absolute Gasteiger partial charge is 0.464 e. The van der Waals surface area contributed by atoms with Gasteiger partial charge in [0.1, 0.15) is 0 Å². The fourth-order valence-electron chi connectivity index (χ4n) is 3.43. The monoisotopic (exact) mass is 358 g/mol. The summed E-state index contributed by atoms with van der Waals surface area (Å²) in [5.41, 5.74) is 0.264. The van der Waals surface area contributed by atoms with Crippen LogP contribution in [0.1, 0.15) is 68.1 Å². The van der Waals surface area contributed by atoms with Gasteiger partial charge >= 0.3 is 12.1 Å². The van der Waals surface area contributed by atoms with Crippen LogP contribution >= 0.6 is 0 Å². The topological polar surface area (TPSA) is 46.5 Å². The predicted octanol–water partition coefficient (Wildman–Crippen LogP) is 4.61. The molecular formula is C19H25F3O3. The number of ether oxygens (including phenoxy) is 1. The summed E-state index contributed by atoms with van der Waals surface area (Å²) in [6.07, 6.45) is -0.872. The third kappa shape index (κ3) is 5.46. The molecule has 0 bridgehead atoms. The van der Waals surface area contributed by atoms with Crippen molar-refractivity contribution in [1.29, 1.82) is 0 Å². The average Bonchev–Trinajstić information content (AvgIpc) is 2.59. The highest BCUT2D eigenvalue weighted by Crippen LogP contribution is 2.41. The molecule has 0 heterocycles. The number of aryl methyl sites for hydroxylation is 1. The molecule has 2 rings (SSSR count). The molecule has 0 radical (unpaired) electrons. The van der Waals surface area contributed by atoms with Crippen LogP contribution in [-0.2, 0) is 22.1 Å². The molecule has 6 heteroatoms. The first-order valence-corrected chi connectivity index (χ1v) is 8.87. The van der Waals surface area contributed by atoms with E-state index < -0.39 is 23.8 Å². The minimum atomic E-state index is -4.40. The van der Waals surface area contributed by atoms with Gasteiger partial charge in [-0.2, -0.15) is 13.2 Å². The Kier molecular flexibility index (Phi) is 6.87. The molecule has 1 aromatic carbocycles. The average molecular weight is 358 g/mol. The van der Waals surface area contributed by atoms with Gasteiger partial charge in [-0.25, -0.2) is 4.79 Å². The molecule has 140 valence electrons. The Morgan fingerprint density at radius 2 is 1.96 bits per heavy atom. The summed E-state index contributed by atoms with van der Waals surface area (Å²) in [6, 6.07) is 4.42. The lowest BCUT2D eigenvalue weighted by Crippen LogP contribution is -2.23. The number of alkyl halides is 3. The van der Waals surface area contributed by atoms with E-state index in [0.717, 1.165) is 32.1 Å². The van der Waals surface area contributed by atoms with E-state index >= 15 is 0 Å². The number of carbonyl (C=O) groups excluding carboxylic acids is 1. The van der Waals surface area contributed by atoms with Gasteiger partial charge in [-0.05, 0) is 55.7 Å². The molecule has 1 atom stereocenters. The van der Waals surface area contributed by atoms with Crippen LogP contribution in [0.5, 0.6) is 0 Å². The molecule has 1 unspecified atom stereocenters. The van der Waals surface area contributed by atoms with Gasteiger partial charge in [0, 0.05) is 0 Å². The minimum absolute atomic E-state index is 0.0375. The van der Waals surface area contributed by atoms with Gasteiger partial charge in [-0.15, -0.1) is 0 Å². The molecule has 1 saturated carbocycles. The standard InChI is InChI=1S/C19H25F3O3/c1-2-25-18(24)17(23)11-9-13-8-10-15(14-6-4-3-5-7-14)16(12-13)19(20,21)22/h8,10,12,14,17,23H,2-7,9,11H2,1H3. The summed E-state index contributed by atoms with van der Waals surface area (Å²) in [6.45, 7) is 1.79. The second kappa shape index (κ2) is 8.70. The zero-order valence-electron chi connectivity index (χ0n) is 14.4. The smallest absolute Gasteiger partial charge is 0.416 e. The number of carbonyl (C=O) groups is 1. The van der Waals surface area contributed by atoms with Gasteiger partial charge in [0.25, 0.3) is 0 Å². The molecule has 0 aromatic heterocycles. The van der Waals surface area contributed by atoms with E-state index in [1.165, 1.54) is 6.07 Å². The molecule has 1 fully saturated rings. The molecule has 1 aromatic rings. The summed E-state index contributed by atoms with van der Waals surface area (Å²) < 4.78 is 45.2. The van der Waals surface area contributed by atoms with Gasteiger partial charge in [0.2, 0.25) is 0 Å². The molecule has 0 spiro atoms. The fraction of sp³-hybridized carbons (Fsp3) is 0.632. The number of rotatable bonds is 6. The van der Waals surface area contributed by atoms with Crippen LogP contribution in [0.3, 0.4) is 0 Å². The SMILES string of the molecule is CCOC(=O)C(O)CCc1ccc(C2CCCCC2)c(C(F)(F)F)c1. The van der Waals surface area contributed by atoms with Crippen molar-refractivity contribution >= 4 is 5.97 Å². The van der Waals surface area contributed by atoms with Crippen LogP contribution in [0.25, 0.3) is 0 Å². The number of halogens is 3. The maximum atomic E-state index is 13.5. The molecule has 0 amide bonds. The Morgan fingerprint density at radius 1 is 1.28 bits per heavy atom. The Hall–Kier alpha value is -1.56. The maximum Gasteiger partial charge on any atom is 0.416 e. The van der Waals surface area contributed by atoms with Crippen molar-refractivity contribution in [2.24, 2.45) is 0 Å². The third-order valence-electron chi connectivity index (χ3n) is 4.73. The fourth-order valence-corrected chi connectivity index (χ4v) is 3.43. The van der Waals surface area contributed by atoms with Crippen LogP contribution in [0.4, 0.5) is 13.2 Å². The van der Waals surface area contributed by atoms with Crippen LogP contribution in [-0.4, -0.2) is 23.8 Å². The Morgan fingerprint density at radius 3 is 2.56 bits per heavy atom. The zero-order chi connectivity index (χ0) is 18.4. The number of hydrogen-bond acceptors (Lipinski definition) is 3. The summed E-state index contributed by atoms with van der Waals surface area (Å²) in [5, 5.41) is 9.70.